The van der Waals surface area contributed by atoms with E-state index in [9.17, 15) is 5.11 Å². The summed E-state index contributed by atoms with van der Waals surface area (Å²) in [4.78, 5) is 4.67. The van der Waals surface area contributed by atoms with Crippen LogP contribution in [-0.2, 0) is 0 Å². The predicted octanol–water partition coefficient (Wildman–Crippen LogP) is 1.58. The summed E-state index contributed by atoms with van der Waals surface area (Å²) in [6, 6.07) is 10.8. The van der Waals surface area contributed by atoms with Gasteiger partial charge in [-0.25, -0.2) is 0 Å². The van der Waals surface area contributed by atoms with E-state index in [1.165, 1.54) is 12.1 Å². The lowest BCUT2D eigenvalue weighted by Gasteiger charge is -2.26. The van der Waals surface area contributed by atoms with E-state index < -0.39 is 0 Å². The summed E-state index contributed by atoms with van der Waals surface area (Å²) < 4.78 is 0. The molecule has 1 fully saturated rings. The number of aliphatic hydroxyl groups is 1. The standard InChI is InChI=1S/C14H22N2O/c1-15(13-6-3-2-4-7-13)10-11-16-9-5-8-14(16)12-17/h2-4,6-7,14,17H,5,8-12H2,1H3/t14-/m1/s1. The number of benzene rings is 1. The van der Waals surface area contributed by atoms with Gasteiger partial charge in [-0.2, -0.15) is 0 Å². The van der Waals surface area contributed by atoms with E-state index in [4.69, 9.17) is 0 Å². The van der Waals surface area contributed by atoms with Crippen LogP contribution < -0.4 is 4.90 Å². The minimum atomic E-state index is 0.301. The number of nitrogens with zero attached hydrogens (tertiary/aromatic N) is 2. The van der Waals surface area contributed by atoms with Crippen LogP contribution in [-0.4, -0.2) is 49.3 Å². The topological polar surface area (TPSA) is 26.7 Å². The van der Waals surface area contributed by atoms with Gasteiger partial charge in [0.1, 0.15) is 0 Å². The Morgan fingerprint density at radius 2 is 2.12 bits per heavy atom. The van der Waals surface area contributed by atoms with Crippen LogP contribution in [0.5, 0.6) is 0 Å². The number of hydrogen-bond acceptors (Lipinski definition) is 3. The van der Waals surface area contributed by atoms with Crippen LogP contribution in [0.4, 0.5) is 5.69 Å². The zero-order valence-corrected chi connectivity index (χ0v) is 10.5. The Labute approximate surface area is 104 Å². The highest BCUT2D eigenvalue weighted by molar-refractivity contribution is 5.44. The number of hydrogen-bond donors (Lipinski definition) is 1. The highest BCUT2D eigenvalue weighted by atomic mass is 16.3. The quantitative estimate of drug-likeness (QED) is 0.838. The molecule has 1 aromatic rings. The molecule has 3 heteroatoms. The molecule has 1 atom stereocenters. The van der Waals surface area contributed by atoms with Gasteiger partial charge in [0.25, 0.3) is 0 Å². The number of anilines is 1. The number of aliphatic hydroxyl groups excluding tert-OH is 1. The van der Waals surface area contributed by atoms with Crippen molar-refractivity contribution in [3.8, 4) is 0 Å². The highest BCUT2D eigenvalue weighted by Crippen LogP contribution is 2.17. The van der Waals surface area contributed by atoms with Gasteiger partial charge in [0.15, 0.2) is 0 Å². The smallest absolute Gasteiger partial charge is 0.0586 e. The predicted molar refractivity (Wildman–Crippen MR) is 71.4 cm³/mol. The van der Waals surface area contributed by atoms with Gasteiger partial charge >= 0.3 is 0 Å². The molecule has 94 valence electrons. The molecule has 3 nitrogen and oxygen atoms in total. The van der Waals surface area contributed by atoms with Crippen molar-refractivity contribution in [1.29, 1.82) is 0 Å². The Kier molecular flexibility index (Phi) is 4.40. The van der Waals surface area contributed by atoms with Crippen molar-refractivity contribution in [1.82, 2.24) is 4.90 Å². The molecule has 0 amide bonds. The van der Waals surface area contributed by atoms with Gasteiger partial charge in [0, 0.05) is 31.9 Å². The van der Waals surface area contributed by atoms with Gasteiger partial charge in [-0.05, 0) is 31.5 Å². The van der Waals surface area contributed by atoms with Crippen molar-refractivity contribution in [2.75, 3.05) is 38.2 Å². The molecule has 0 aromatic heterocycles. The fourth-order valence-corrected chi connectivity index (χ4v) is 2.49. The summed E-state index contributed by atoms with van der Waals surface area (Å²) in [5.74, 6) is 0. The van der Waals surface area contributed by atoms with E-state index in [1.807, 2.05) is 6.07 Å². The SMILES string of the molecule is CN(CCN1CCC[C@@H]1CO)c1ccccc1. The molecule has 1 saturated heterocycles. The minimum Gasteiger partial charge on any atom is -0.395 e. The molecule has 0 bridgehead atoms. The molecular weight excluding hydrogens is 212 g/mol. The second-order valence-electron chi connectivity index (χ2n) is 4.77. The summed E-state index contributed by atoms with van der Waals surface area (Å²) in [6.07, 6.45) is 2.37. The van der Waals surface area contributed by atoms with Gasteiger partial charge in [0.2, 0.25) is 0 Å². The Morgan fingerprint density at radius 3 is 2.82 bits per heavy atom. The summed E-state index contributed by atoms with van der Waals surface area (Å²) in [5, 5.41) is 9.26. The first kappa shape index (κ1) is 12.4. The van der Waals surface area contributed by atoms with E-state index in [0.717, 1.165) is 26.1 Å². The average Bonchev–Trinajstić information content (AvgIpc) is 2.84. The average molecular weight is 234 g/mol. The van der Waals surface area contributed by atoms with Crippen molar-refractivity contribution in [2.45, 2.75) is 18.9 Å². The van der Waals surface area contributed by atoms with Gasteiger partial charge in [-0.3, -0.25) is 4.90 Å². The van der Waals surface area contributed by atoms with Crippen LogP contribution in [0.2, 0.25) is 0 Å². The highest BCUT2D eigenvalue weighted by Gasteiger charge is 2.23. The number of para-hydroxylation sites is 1. The van der Waals surface area contributed by atoms with Crippen LogP contribution in [0.25, 0.3) is 0 Å². The van der Waals surface area contributed by atoms with Gasteiger partial charge in [0.05, 0.1) is 6.61 Å². The van der Waals surface area contributed by atoms with Crippen molar-refractivity contribution >= 4 is 5.69 Å². The lowest BCUT2D eigenvalue weighted by Crippen LogP contribution is -2.38. The maximum atomic E-state index is 9.26. The zero-order valence-electron chi connectivity index (χ0n) is 10.5. The van der Waals surface area contributed by atoms with Crippen molar-refractivity contribution < 1.29 is 5.11 Å². The summed E-state index contributed by atoms with van der Waals surface area (Å²) in [5.41, 5.74) is 1.26. The molecule has 0 saturated carbocycles. The Morgan fingerprint density at radius 1 is 1.35 bits per heavy atom. The Balaban J connectivity index is 1.82. The summed E-state index contributed by atoms with van der Waals surface area (Å²) >= 11 is 0. The first-order valence-corrected chi connectivity index (χ1v) is 6.42. The van der Waals surface area contributed by atoms with Gasteiger partial charge in [-0.15, -0.1) is 0 Å². The second kappa shape index (κ2) is 6.03. The number of likely N-dealkylation sites (N-methyl/N-ethyl adjacent to an activating group) is 1. The monoisotopic (exact) mass is 234 g/mol. The fourth-order valence-electron chi connectivity index (χ4n) is 2.49. The third kappa shape index (κ3) is 3.20. The first-order valence-electron chi connectivity index (χ1n) is 6.42. The Bertz CT molecular complexity index is 328. The third-order valence-electron chi connectivity index (χ3n) is 3.63. The van der Waals surface area contributed by atoms with Crippen LogP contribution >= 0.6 is 0 Å². The molecule has 1 N–H and O–H groups in total. The molecule has 2 rings (SSSR count). The molecule has 17 heavy (non-hydrogen) atoms. The molecule has 0 spiro atoms. The fraction of sp³-hybridized carbons (Fsp3) is 0.571. The van der Waals surface area contributed by atoms with Crippen molar-refractivity contribution in [3.05, 3.63) is 30.3 Å². The molecule has 1 heterocycles. The lowest BCUT2D eigenvalue weighted by molar-refractivity contribution is 0.161. The molecule has 1 aliphatic rings. The largest absolute Gasteiger partial charge is 0.395 e. The van der Waals surface area contributed by atoms with Crippen molar-refractivity contribution in [3.63, 3.8) is 0 Å². The van der Waals surface area contributed by atoms with Crippen LogP contribution in [0.1, 0.15) is 12.8 Å². The normalized spacial score (nSPS) is 20.7. The first-order chi connectivity index (χ1) is 8.31. The maximum absolute atomic E-state index is 9.26. The molecular formula is C14H22N2O. The van der Waals surface area contributed by atoms with E-state index in [-0.39, 0.29) is 0 Å². The molecule has 0 unspecified atom stereocenters. The lowest BCUT2D eigenvalue weighted by atomic mass is 10.2. The van der Waals surface area contributed by atoms with Crippen LogP contribution in [0.3, 0.4) is 0 Å². The summed E-state index contributed by atoms with van der Waals surface area (Å²) in [6.45, 7) is 3.49. The van der Waals surface area contributed by atoms with E-state index in [2.05, 4.69) is 41.1 Å². The second-order valence-corrected chi connectivity index (χ2v) is 4.77. The molecule has 0 aliphatic carbocycles. The van der Waals surface area contributed by atoms with Crippen LogP contribution in [0.15, 0.2) is 30.3 Å². The van der Waals surface area contributed by atoms with Crippen LogP contribution in [0, 0.1) is 0 Å². The minimum absolute atomic E-state index is 0.301. The molecule has 1 aliphatic heterocycles. The van der Waals surface area contributed by atoms with Gasteiger partial charge < -0.3 is 10.0 Å². The van der Waals surface area contributed by atoms with E-state index in [1.54, 1.807) is 0 Å². The van der Waals surface area contributed by atoms with Crippen molar-refractivity contribution in [2.24, 2.45) is 0 Å². The number of rotatable bonds is 5. The maximum Gasteiger partial charge on any atom is 0.0586 e. The zero-order chi connectivity index (χ0) is 12.1. The molecule has 0 radical (unpaired) electrons. The Hall–Kier alpha value is -1.06. The number of likely N-dealkylation sites (tertiary alicyclic amines) is 1. The third-order valence-corrected chi connectivity index (χ3v) is 3.63. The van der Waals surface area contributed by atoms with E-state index in [0.29, 0.717) is 12.6 Å². The molecule has 1 aromatic carbocycles. The van der Waals surface area contributed by atoms with Gasteiger partial charge in [-0.1, -0.05) is 18.2 Å². The van der Waals surface area contributed by atoms with E-state index >= 15 is 0 Å². The summed E-state index contributed by atoms with van der Waals surface area (Å²) in [7, 11) is 2.12.